The first-order valence-corrected chi connectivity index (χ1v) is 14.6. The second kappa shape index (κ2) is 13.1. The Balaban J connectivity index is 1.38. The average molecular weight is 621 g/mol. The van der Waals surface area contributed by atoms with Crippen LogP contribution in [-0.2, 0) is 17.5 Å². The summed E-state index contributed by atoms with van der Waals surface area (Å²) in [5.74, 6) is -0.461. The van der Waals surface area contributed by atoms with Crippen LogP contribution in [0.3, 0.4) is 0 Å². The van der Waals surface area contributed by atoms with Gasteiger partial charge in [0, 0.05) is 42.9 Å². The fourth-order valence-electron chi connectivity index (χ4n) is 5.21. The second-order valence-corrected chi connectivity index (χ2v) is 12.0. The molecule has 1 atom stereocenters. The molecule has 1 aliphatic rings. The van der Waals surface area contributed by atoms with Crippen molar-refractivity contribution in [2.24, 2.45) is 0 Å². The Kier molecular flexibility index (Phi) is 9.24. The summed E-state index contributed by atoms with van der Waals surface area (Å²) in [4.78, 5) is 35.6. The Morgan fingerprint density at radius 1 is 1.00 bits per heavy atom. The quantitative estimate of drug-likeness (QED) is 0.239. The Hall–Kier alpha value is -4.71. The van der Waals surface area contributed by atoms with Crippen molar-refractivity contribution in [1.82, 2.24) is 24.8 Å². The smallest absolute Gasteiger partial charge is 0.434 e. The van der Waals surface area contributed by atoms with E-state index in [-0.39, 0.29) is 11.7 Å². The number of hydrogen-bond donors (Lipinski definition) is 2. The van der Waals surface area contributed by atoms with Crippen LogP contribution in [0.5, 0.6) is 0 Å². The van der Waals surface area contributed by atoms with Crippen molar-refractivity contribution in [3.8, 4) is 16.8 Å². The number of alkyl carbamates (subject to hydrolysis) is 1. The highest BCUT2D eigenvalue weighted by Crippen LogP contribution is 2.29. The van der Waals surface area contributed by atoms with Crippen LogP contribution in [0.2, 0.25) is 0 Å². The van der Waals surface area contributed by atoms with Crippen molar-refractivity contribution in [3.63, 3.8) is 0 Å². The molecule has 1 saturated heterocycles. The molecule has 2 amide bonds. The maximum absolute atomic E-state index is 13.3. The number of carbonyl (C=O) groups excluding carboxylic acids is 2. The minimum atomic E-state index is -4.60. The molecule has 1 aliphatic heterocycles. The normalized spacial score (nSPS) is 15.8. The molecule has 2 aromatic heterocycles. The number of likely N-dealkylation sites (tertiary alicyclic amines) is 1. The van der Waals surface area contributed by atoms with Gasteiger partial charge in [0.05, 0.1) is 6.33 Å². The van der Waals surface area contributed by atoms with Gasteiger partial charge in [-0.1, -0.05) is 30.3 Å². The molecule has 9 nitrogen and oxygen atoms in total. The number of imidazole rings is 1. The van der Waals surface area contributed by atoms with E-state index in [0.717, 1.165) is 48.6 Å². The van der Waals surface area contributed by atoms with Crippen LogP contribution in [0.4, 0.5) is 23.7 Å². The summed E-state index contributed by atoms with van der Waals surface area (Å²) < 4.78 is 46.7. The number of halogens is 3. The molecule has 0 bridgehead atoms. The Bertz CT molecular complexity index is 1650. The molecule has 45 heavy (non-hydrogen) atoms. The predicted molar refractivity (Wildman–Crippen MR) is 164 cm³/mol. The van der Waals surface area contributed by atoms with Crippen LogP contribution in [0.1, 0.15) is 55.4 Å². The van der Waals surface area contributed by atoms with E-state index < -0.39 is 29.5 Å². The largest absolute Gasteiger partial charge is 0.444 e. The SMILES string of the molecule is CC(C)(C)OC(=O)N[C@H]1CCCN(Cc2cc(NC(=O)c3cc(-c4ccccc4)ccn3)cc(-n3cnc(C(F)(F)F)c3)c2)C1. The number of aromatic nitrogens is 3. The number of piperidine rings is 1. The van der Waals surface area contributed by atoms with Crippen molar-refractivity contribution in [3.05, 3.63) is 96.3 Å². The van der Waals surface area contributed by atoms with Gasteiger partial charge in [0.25, 0.3) is 5.91 Å². The molecule has 0 saturated carbocycles. The van der Waals surface area contributed by atoms with Gasteiger partial charge in [0.15, 0.2) is 5.69 Å². The zero-order valence-electron chi connectivity index (χ0n) is 25.3. The number of alkyl halides is 3. The molecule has 0 spiro atoms. The minimum Gasteiger partial charge on any atom is -0.444 e. The van der Waals surface area contributed by atoms with E-state index in [2.05, 4.69) is 25.5 Å². The molecule has 2 aromatic carbocycles. The molecular weight excluding hydrogens is 585 g/mol. The van der Waals surface area contributed by atoms with Gasteiger partial charge in [-0.3, -0.25) is 14.7 Å². The lowest BCUT2D eigenvalue weighted by Crippen LogP contribution is -2.48. The highest BCUT2D eigenvalue weighted by molar-refractivity contribution is 6.03. The monoisotopic (exact) mass is 620 g/mol. The zero-order chi connectivity index (χ0) is 32.2. The van der Waals surface area contributed by atoms with E-state index in [0.29, 0.717) is 24.5 Å². The number of nitrogens with one attached hydrogen (secondary N) is 2. The number of hydrogen-bond acceptors (Lipinski definition) is 6. The molecule has 12 heteroatoms. The van der Waals surface area contributed by atoms with Gasteiger partial charge in [0.1, 0.15) is 11.3 Å². The molecule has 0 aliphatic carbocycles. The molecular formula is C33H35F3N6O3. The van der Waals surface area contributed by atoms with E-state index in [1.807, 2.05) is 36.4 Å². The van der Waals surface area contributed by atoms with Crippen molar-refractivity contribution >= 4 is 17.7 Å². The van der Waals surface area contributed by atoms with E-state index in [1.54, 1.807) is 51.2 Å². The van der Waals surface area contributed by atoms with Gasteiger partial charge in [0.2, 0.25) is 0 Å². The molecule has 236 valence electrons. The predicted octanol–water partition coefficient (Wildman–Crippen LogP) is 6.69. The Morgan fingerprint density at radius 3 is 2.49 bits per heavy atom. The molecule has 3 heterocycles. The summed E-state index contributed by atoms with van der Waals surface area (Å²) in [7, 11) is 0. The standard InChI is InChI=1S/C33H35F3N6O3/c1-32(2,3)45-31(44)40-25-10-7-13-41(19-25)18-22-14-26(17-27(15-22)42-20-29(38-21-42)33(34,35)36)39-30(43)28-16-24(11-12-37-28)23-8-5-4-6-9-23/h4-6,8-9,11-12,14-17,20-21,25H,7,10,13,18-19H2,1-3H3,(H,39,43)(H,40,44)/t25-/m0/s1. The summed E-state index contributed by atoms with van der Waals surface area (Å²) in [5.41, 5.74) is 1.86. The summed E-state index contributed by atoms with van der Waals surface area (Å²) in [6.45, 7) is 7.17. The molecule has 2 N–H and O–H groups in total. The molecule has 4 aromatic rings. The van der Waals surface area contributed by atoms with Crippen LogP contribution < -0.4 is 10.6 Å². The fraction of sp³-hybridized carbons (Fsp3) is 0.333. The number of amides is 2. The van der Waals surface area contributed by atoms with E-state index in [9.17, 15) is 22.8 Å². The van der Waals surface area contributed by atoms with Gasteiger partial charge in [-0.15, -0.1) is 0 Å². The summed E-state index contributed by atoms with van der Waals surface area (Å²) in [5, 5.41) is 5.80. The van der Waals surface area contributed by atoms with E-state index >= 15 is 0 Å². The number of nitrogens with zero attached hydrogens (tertiary/aromatic N) is 4. The van der Waals surface area contributed by atoms with Crippen molar-refractivity contribution in [2.45, 2.75) is 58.0 Å². The first-order chi connectivity index (χ1) is 21.3. The van der Waals surface area contributed by atoms with Gasteiger partial charge >= 0.3 is 12.3 Å². The number of carbonyl (C=O) groups is 2. The lowest BCUT2D eigenvalue weighted by Gasteiger charge is -2.33. The molecule has 0 radical (unpaired) electrons. The van der Waals surface area contributed by atoms with Gasteiger partial charge in [-0.25, -0.2) is 9.78 Å². The number of rotatable bonds is 7. The highest BCUT2D eigenvalue weighted by atomic mass is 19.4. The van der Waals surface area contributed by atoms with E-state index in [1.165, 1.54) is 4.57 Å². The van der Waals surface area contributed by atoms with Gasteiger partial charge < -0.3 is 19.9 Å². The number of anilines is 1. The highest BCUT2D eigenvalue weighted by Gasteiger charge is 2.33. The van der Waals surface area contributed by atoms with Gasteiger partial charge in [-0.2, -0.15) is 13.2 Å². The second-order valence-electron chi connectivity index (χ2n) is 12.0. The third-order valence-electron chi connectivity index (χ3n) is 7.14. The van der Waals surface area contributed by atoms with Gasteiger partial charge in [-0.05, 0) is 87.2 Å². The zero-order valence-corrected chi connectivity index (χ0v) is 25.3. The minimum absolute atomic E-state index is 0.123. The lowest BCUT2D eigenvalue weighted by atomic mass is 10.0. The number of pyridine rings is 1. The molecule has 5 rings (SSSR count). The maximum Gasteiger partial charge on any atom is 0.434 e. The van der Waals surface area contributed by atoms with Crippen molar-refractivity contribution < 1.29 is 27.5 Å². The van der Waals surface area contributed by atoms with Crippen LogP contribution in [0.15, 0.2) is 79.4 Å². The van der Waals surface area contributed by atoms with Crippen molar-refractivity contribution in [2.75, 3.05) is 18.4 Å². The first-order valence-electron chi connectivity index (χ1n) is 14.6. The third kappa shape index (κ3) is 8.69. The molecule has 1 fully saturated rings. The summed E-state index contributed by atoms with van der Waals surface area (Å²) in [6.07, 6.45) is 0.120. The summed E-state index contributed by atoms with van der Waals surface area (Å²) >= 11 is 0. The van der Waals surface area contributed by atoms with E-state index in [4.69, 9.17) is 4.74 Å². The first kappa shape index (κ1) is 31.7. The Labute approximate surface area is 259 Å². The van der Waals surface area contributed by atoms with Crippen LogP contribution >= 0.6 is 0 Å². The molecule has 0 unspecified atom stereocenters. The Morgan fingerprint density at radius 2 is 1.78 bits per heavy atom. The fourth-order valence-corrected chi connectivity index (χ4v) is 5.21. The number of benzene rings is 2. The average Bonchev–Trinajstić information content (AvgIpc) is 3.48. The van der Waals surface area contributed by atoms with Crippen LogP contribution in [0.25, 0.3) is 16.8 Å². The van der Waals surface area contributed by atoms with Crippen molar-refractivity contribution in [1.29, 1.82) is 0 Å². The number of ether oxygens (including phenoxy) is 1. The van der Waals surface area contributed by atoms with Crippen LogP contribution in [0, 0.1) is 0 Å². The lowest BCUT2D eigenvalue weighted by molar-refractivity contribution is -0.140. The summed E-state index contributed by atoms with van der Waals surface area (Å²) in [6, 6.07) is 18.1. The topological polar surface area (TPSA) is 101 Å². The third-order valence-corrected chi connectivity index (χ3v) is 7.14. The van der Waals surface area contributed by atoms with Crippen LogP contribution in [-0.4, -0.2) is 56.2 Å². The maximum atomic E-state index is 13.3.